The zero-order valence-electron chi connectivity index (χ0n) is 12.8. The molecule has 0 unspecified atom stereocenters. The van der Waals surface area contributed by atoms with E-state index in [2.05, 4.69) is 0 Å². The third-order valence-electron chi connectivity index (χ3n) is 4.04. The fourth-order valence-corrected chi connectivity index (χ4v) is 3.09. The topological polar surface area (TPSA) is 72.6 Å². The predicted octanol–water partition coefficient (Wildman–Crippen LogP) is 2.87. The van der Waals surface area contributed by atoms with E-state index < -0.39 is 5.97 Å². The average Bonchev–Trinajstić information content (AvgIpc) is 2.44. The van der Waals surface area contributed by atoms with Crippen molar-refractivity contribution in [1.29, 1.82) is 0 Å². The summed E-state index contributed by atoms with van der Waals surface area (Å²) in [7, 11) is 0. The Labute approximate surface area is 135 Å². The number of nitrogens with two attached hydrogens (primary N) is 1. The van der Waals surface area contributed by atoms with Gasteiger partial charge in [-0.1, -0.05) is 11.6 Å². The van der Waals surface area contributed by atoms with Crippen LogP contribution in [0.25, 0.3) is 0 Å². The van der Waals surface area contributed by atoms with Crippen molar-refractivity contribution in [2.24, 2.45) is 0 Å². The SMILES string of the molecule is C[C@@H]1CCC[C@H](C)N1C(=O)COC(=O)c1ccc(Cl)cc1N. The molecule has 1 aromatic carbocycles. The first-order valence-electron chi connectivity index (χ1n) is 7.43. The van der Waals surface area contributed by atoms with Crippen molar-refractivity contribution < 1.29 is 14.3 Å². The highest BCUT2D eigenvalue weighted by Crippen LogP contribution is 2.23. The molecule has 1 aliphatic rings. The monoisotopic (exact) mass is 324 g/mol. The van der Waals surface area contributed by atoms with Crippen molar-refractivity contribution in [2.45, 2.75) is 45.2 Å². The fraction of sp³-hybridized carbons (Fsp3) is 0.500. The summed E-state index contributed by atoms with van der Waals surface area (Å²) in [6.45, 7) is 3.77. The maximum atomic E-state index is 12.3. The quantitative estimate of drug-likeness (QED) is 0.685. The van der Waals surface area contributed by atoms with Gasteiger partial charge in [-0.25, -0.2) is 4.79 Å². The van der Waals surface area contributed by atoms with Gasteiger partial charge in [0.2, 0.25) is 0 Å². The normalized spacial score (nSPS) is 21.5. The molecule has 0 aromatic heterocycles. The molecular formula is C16H21ClN2O3. The summed E-state index contributed by atoms with van der Waals surface area (Å²) >= 11 is 5.79. The Kier molecular flexibility index (Phi) is 5.29. The smallest absolute Gasteiger partial charge is 0.340 e. The number of hydrogen-bond donors (Lipinski definition) is 1. The molecule has 1 saturated heterocycles. The van der Waals surface area contributed by atoms with Crippen LogP contribution in [0.15, 0.2) is 18.2 Å². The maximum absolute atomic E-state index is 12.3. The number of likely N-dealkylation sites (tertiary alicyclic amines) is 1. The minimum Gasteiger partial charge on any atom is -0.452 e. The summed E-state index contributed by atoms with van der Waals surface area (Å²) in [5.74, 6) is -0.777. The minimum atomic E-state index is -0.611. The van der Waals surface area contributed by atoms with Crippen LogP contribution < -0.4 is 5.73 Å². The lowest BCUT2D eigenvalue weighted by molar-refractivity contribution is -0.140. The number of hydrogen-bond acceptors (Lipinski definition) is 4. The van der Waals surface area contributed by atoms with Gasteiger partial charge < -0.3 is 15.4 Å². The number of nitrogens with zero attached hydrogens (tertiary/aromatic N) is 1. The molecule has 1 aliphatic heterocycles. The molecule has 1 aromatic rings. The summed E-state index contributed by atoms with van der Waals surface area (Å²) in [6.07, 6.45) is 3.08. The van der Waals surface area contributed by atoms with Crippen LogP contribution in [0, 0.1) is 0 Å². The number of halogens is 1. The van der Waals surface area contributed by atoms with Crippen molar-refractivity contribution in [3.8, 4) is 0 Å². The first-order chi connectivity index (χ1) is 10.4. The Hall–Kier alpha value is -1.75. The van der Waals surface area contributed by atoms with Crippen LogP contribution in [0.2, 0.25) is 5.02 Å². The van der Waals surface area contributed by atoms with Crippen LogP contribution >= 0.6 is 11.6 Å². The Bertz CT molecular complexity index is 567. The summed E-state index contributed by atoms with van der Waals surface area (Å²) in [4.78, 5) is 26.1. The van der Waals surface area contributed by atoms with Crippen LogP contribution in [-0.2, 0) is 9.53 Å². The van der Waals surface area contributed by atoms with Gasteiger partial charge in [-0.15, -0.1) is 0 Å². The predicted molar refractivity (Wildman–Crippen MR) is 85.8 cm³/mol. The summed E-state index contributed by atoms with van der Waals surface area (Å²) in [5.41, 5.74) is 6.19. The van der Waals surface area contributed by atoms with E-state index in [1.165, 1.54) is 12.1 Å². The third kappa shape index (κ3) is 3.71. The molecule has 22 heavy (non-hydrogen) atoms. The molecule has 0 saturated carbocycles. The molecule has 2 N–H and O–H groups in total. The maximum Gasteiger partial charge on any atom is 0.340 e. The number of benzene rings is 1. The van der Waals surface area contributed by atoms with Gasteiger partial charge in [0, 0.05) is 22.8 Å². The van der Waals surface area contributed by atoms with E-state index in [-0.39, 0.29) is 35.8 Å². The number of esters is 1. The average molecular weight is 325 g/mol. The van der Waals surface area contributed by atoms with Crippen LogP contribution in [0.1, 0.15) is 43.5 Å². The van der Waals surface area contributed by atoms with Crippen LogP contribution in [0.3, 0.4) is 0 Å². The largest absolute Gasteiger partial charge is 0.452 e. The van der Waals surface area contributed by atoms with Crippen LogP contribution in [-0.4, -0.2) is 35.5 Å². The molecule has 5 nitrogen and oxygen atoms in total. The Morgan fingerprint density at radius 1 is 1.32 bits per heavy atom. The highest BCUT2D eigenvalue weighted by atomic mass is 35.5. The fourth-order valence-electron chi connectivity index (χ4n) is 2.91. The van der Waals surface area contributed by atoms with E-state index in [4.69, 9.17) is 22.1 Å². The third-order valence-corrected chi connectivity index (χ3v) is 4.28. The van der Waals surface area contributed by atoms with Crippen molar-refractivity contribution in [3.63, 3.8) is 0 Å². The molecule has 2 atom stereocenters. The van der Waals surface area contributed by atoms with E-state index in [9.17, 15) is 9.59 Å². The summed E-state index contributed by atoms with van der Waals surface area (Å²) in [5, 5.41) is 0.445. The summed E-state index contributed by atoms with van der Waals surface area (Å²) < 4.78 is 5.11. The number of ether oxygens (including phenoxy) is 1. The first kappa shape index (κ1) is 16.6. The first-order valence-corrected chi connectivity index (χ1v) is 7.81. The Balaban J connectivity index is 1.97. The molecule has 2 rings (SSSR count). The van der Waals surface area contributed by atoms with Crippen molar-refractivity contribution >= 4 is 29.2 Å². The zero-order valence-corrected chi connectivity index (χ0v) is 13.6. The molecule has 1 amide bonds. The second kappa shape index (κ2) is 7.01. The molecule has 6 heteroatoms. The Morgan fingerprint density at radius 2 is 1.95 bits per heavy atom. The minimum absolute atomic E-state index is 0.166. The lowest BCUT2D eigenvalue weighted by Crippen LogP contribution is -2.49. The highest BCUT2D eigenvalue weighted by molar-refractivity contribution is 6.31. The van der Waals surface area contributed by atoms with Crippen LogP contribution in [0.4, 0.5) is 5.69 Å². The van der Waals surface area contributed by atoms with Gasteiger partial charge in [-0.2, -0.15) is 0 Å². The number of nitrogen functional groups attached to an aromatic ring is 1. The molecule has 0 radical (unpaired) electrons. The number of carbonyl (C=O) groups is 2. The van der Waals surface area contributed by atoms with Crippen molar-refractivity contribution in [1.82, 2.24) is 4.90 Å². The van der Waals surface area contributed by atoms with Gasteiger partial charge in [0.05, 0.1) is 5.56 Å². The van der Waals surface area contributed by atoms with Gasteiger partial charge in [0.15, 0.2) is 6.61 Å². The van der Waals surface area contributed by atoms with Gasteiger partial charge >= 0.3 is 5.97 Å². The van der Waals surface area contributed by atoms with E-state index in [1.54, 1.807) is 6.07 Å². The Morgan fingerprint density at radius 3 is 2.55 bits per heavy atom. The molecule has 0 spiro atoms. The molecule has 1 heterocycles. The van der Waals surface area contributed by atoms with E-state index in [0.29, 0.717) is 5.02 Å². The number of rotatable bonds is 3. The van der Waals surface area contributed by atoms with Gasteiger partial charge in [-0.3, -0.25) is 4.79 Å². The van der Waals surface area contributed by atoms with Crippen LogP contribution in [0.5, 0.6) is 0 Å². The lowest BCUT2D eigenvalue weighted by Gasteiger charge is -2.38. The molecule has 1 fully saturated rings. The van der Waals surface area contributed by atoms with Gasteiger partial charge in [0.25, 0.3) is 5.91 Å². The molecule has 0 aliphatic carbocycles. The van der Waals surface area contributed by atoms with Crippen molar-refractivity contribution in [2.75, 3.05) is 12.3 Å². The van der Waals surface area contributed by atoms with Gasteiger partial charge in [0.1, 0.15) is 0 Å². The molecule has 120 valence electrons. The van der Waals surface area contributed by atoms with E-state index >= 15 is 0 Å². The number of carbonyl (C=O) groups excluding carboxylic acids is 2. The van der Waals surface area contributed by atoms with E-state index in [1.807, 2.05) is 18.7 Å². The summed E-state index contributed by atoms with van der Waals surface area (Å²) in [6, 6.07) is 4.89. The van der Waals surface area contributed by atoms with Crippen molar-refractivity contribution in [3.05, 3.63) is 28.8 Å². The second-order valence-electron chi connectivity index (χ2n) is 5.74. The molecular weight excluding hydrogens is 304 g/mol. The van der Waals surface area contributed by atoms with E-state index in [0.717, 1.165) is 19.3 Å². The number of anilines is 1. The standard InChI is InChI=1S/C16H21ClN2O3/c1-10-4-3-5-11(2)19(10)15(20)9-22-16(21)13-7-6-12(17)8-14(13)18/h6-8,10-11H,3-5,9,18H2,1-2H3/t10-,11+. The van der Waals surface area contributed by atoms with Gasteiger partial charge in [-0.05, 0) is 51.3 Å². The molecule has 0 bridgehead atoms. The second-order valence-corrected chi connectivity index (χ2v) is 6.17. The highest BCUT2D eigenvalue weighted by Gasteiger charge is 2.29. The number of piperidine rings is 1. The zero-order chi connectivity index (χ0) is 16.3. The lowest BCUT2D eigenvalue weighted by atomic mass is 9.97. The number of amides is 1.